The second-order valence-corrected chi connectivity index (χ2v) is 7.09. The highest BCUT2D eigenvalue weighted by Gasteiger charge is 2.17. The fourth-order valence-corrected chi connectivity index (χ4v) is 2.74. The van der Waals surface area contributed by atoms with Gasteiger partial charge in [-0.25, -0.2) is 0 Å². The predicted octanol–water partition coefficient (Wildman–Crippen LogP) is 2.57. The third-order valence-corrected chi connectivity index (χ3v) is 3.92. The maximum Gasteiger partial charge on any atom is 0.239 e. The minimum absolute atomic E-state index is 0.0107. The molecule has 0 radical (unpaired) electrons. The van der Waals surface area contributed by atoms with Gasteiger partial charge in [0.05, 0.1) is 13.1 Å². The second kappa shape index (κ2) is 10.9. The lowest BCUT2D eigenvalue weighted by atomic mass is 9.94. The highest BCUT2D eigenvalue weighted by Crippen LogP contribution is 2.22. The average molecular weight is 348 g/mol. The van der Waals surface area contributed by atoms with Crippen LogP contribution in [0, 0.1) is 5.92 Å². The van der Waals surface area contributed by atoms with Crippen LogP contribution in [-0.2, 0) is 16.0 Å². The summed E-state index contributed by atoms with van der Waals surface area (Å²) in [5, 5.41) is 8.70. The van der Waals surface area contributed by atoms with Crippen molar-refractivity contribution in [1.82, 2.24) is 16.0 Å². The van der Waals surface area contributed by atoms with Gasteiger partial charge in [0.2, 0.25) is 11.8 Å². The molecule has 1 aromatic carbocycles. The summed E-state index contributed by atoms with van der Waals surface area (Å²) in [5.41, 5.74) is 2.52. The summed E-state index contributed by atoms with van der Waals surface area (Å²) in [4.78, 5) is 23.5. The van der Waals surface area contributed by atoms with E-state index in [1.807, 2.05) is 13.8 Å². The summed E-state index contributed by atoms with van der Waals surface area (Å²) in [5.74, 6) is 0.0106. The Kier molecular flexibility index (Phi) is 9.21. The zero-order valence-electron chi connectivity index (χ0n) is 16.2. The summed E-state index contributed by atoms with van der Waals surface area (Å²) >= 11 is 0. The molecule has 5 heteroatoms. The molecule has 0 unspecified atom stereocenters. The van der Waals surface area contributed by atoms with Crippen LogP contribution in [0.15, 0.2) is 24.3 Å². The third kappa shape index (κ3) is 8.16. The van der Waals surface area contributed by atoms with E-state index in [4.69, 9.17) is 0 Å². The first-order valence-corrected chi connectivity index (χ1v) is 9.21. The molecule has 1 atom stereocenters. The molecule has 0 saturated carbocycles. The number of amides is 2. The van der Waals surface area contributed by atoms with E-state index in [0.29, 0.717) is 5.92 Å². The monoisotopic (exact) mass is 347 g/mol. The highest BCUT2D eigenvalue weighted by atomic mass is 16.2. The van der Waals surface area contributed by atoms with Gasteiger partial charge in [0, 0.05) is 12.1 Å². The quantitative estimate of drug-likeness (QED) is 0.609. The molecule has 140 valence electrons. The number of nitrogens with one attached hydrogen (secondary N) is 3. The van der Waals surface area contributed by atoms with Crippen LogP contribution in [-0.4, -0.2) is 30.9 Å². The largest absolute Gasteiger partial charge is 0.352 e. The molecule has 5 nitrogen and oxygen atoms in total. The fraction of sp³-hybridized carbons (Fsp3) is 0.600. The number of carbonyl (C=O) groups is 2. The Morgan fingerprint density at radius 2 is 1.60 bits per heavy atom. The SMILES string of the molecule is CCCc1ccc([C@H](NCC(=O)NCC(=O)NC(C)C)C(C)C)cc1. The van der Waals surface area contributed by atoms with Gasteiger partial charge in [0.1, 0.15) is 0 Å². The summed E-state index contributed by atoms with van der Waals surface area (Å²) in [6.45, 7) is 10.4. The number of benzene rings is 1. The van der Waals surface area contributed by atoms with Gasteiger partial charge in [-0.15, -0.1) is 0 Å². The van der Waals surface area contributed by atoms with Gasteiger partial charge in [-0.2, -0.15) is 0 Å². The summed E-state index contributed by atoms with van der Waals surface area (Å²) in [6, 6.07) is 8.76. The van der Waals surface area contributed by atoms with Crippen molar-refractivity contribution in [2.75, 3.05) is 13.1 Å². The zero-order valence-corrected chi connectivity index (χ0v) is 16.2. The van der Waals surface area contributed by atoms with Crippen LogP contribution in [0.1, 0.15) is 58.2 Å². The molecule has 0 bridgehead atoms. The van der Waals surface area contributed by atoms with Gasteiger partial charge in [-0.05, 0) is 37.3 Å². The van der Waals surface area contributed by atoms with Crippen molar-refractivity contribution >= 4 is 11.8 Å². The van der Waals surface area contributed by atoms with Crippen LogP contribution in [0.3, 0.4) is 0 Å². The molecule has 0 aliphatic carbocycles. The van der Waals surface area contributed by atoms with Gasteiger partial charge in [0.25, 0.3) is 0 Å². The summed E-state index contributed by atoms with van der Waals surface area (Å²) < 4.78 is 0. The van der Waals surface area contributed by atoms with Crippen LogP contribution in [0.4, 0.5) is 0 Å². The average Bonchev–Trinajstić information content (AvgIpc) is 2.54. The van der Waals surface area contributed by atoms with E-state index < -0.39 is 0 Å². The van der Waals surface area contributed by atoms with Crippen molar-refractivity contribution in [1.29, 1.82) is 0 Å². The normalized spacial score (nSPS) is 12.3. The van der Waals surface area contributed by atoms with Gasteiger partial charge >= 0.3 is 0 Å². The molecule has 1 aromatic rings. The maximum absolute atomic E-state index is 12.0. The molecular formula is C20H33N3O2. The van der Waals surface area contributed by atoms with Crippen molar-refractivity contribution in [3.63, 3.8) is 0 Å². The van der Waals surface area contributed by atoms with E-state index in [1.54, 1.807) is 0 Å². The first kappa shape index (κ1) is 21.2. The summed E-state index contributed by atoms with van der Waals surface area (Å²) in [7, 11) is 0. The molecular weight excluding hydrogens is 314 g/mol. The number of rotatable bonds is 10. The smallest absolute Gasteiger partial charge is 0.239 e. The molecule has 0 aromatic heterocycles. The first-order chi connectivity index (χ1) is 11.8. The van der Waals surface area contributed by atoms with E-state index in [9.17, 15) is 9.59 Å². The predicted molar refractivity (Wildman–Crippen MR) is 102 cm³/mol. The van der Waals surface area contributed by atoms with Crippen molar-refractivity contribution < 1.29 is 9.59 Å². The van der Waals surface area contributed by atoms with Crippen molar-refractivity contribution in [3.8, 4) is 0 Å². The van der Waals surface area contributed by atoms with Gasteiger partial charge in [0.15, 0.2) is 0 Å². The highest BCUT2D eigenvalue weighted by molar-refractivity contribution is 5.85. The lowest BCUT2D eigenvalue weighted by Crippen LogP contribution is -2.43. The van der Waals surface area contributed by atoms with Gasteiger partial charge in [-0.1, -0.05) is 51.5 Å². The number of hydrogen-bond donors (Lipinski definition) is 3. The Morgan fingerprint density at radius 3 is 2.12 bits per heavy atom. The summed E-state index contributed by atoms with van der Waals surface area (Å²) in [6.07, 6.45) is 2.22. The van der Waals surface area contributed by atoms with Crippen LogP contribution in [0.2, 0.25) is 0 Å². The molecule has 0 aliphatic heterocycles. The molecule has 25 heavy (non-hydrogen) atoms. The Balaban J connectivity index is 2.52. The molecule has 0 spiro atoms. The Labute approximate surface area is 152 Å². The Morgan fingerprint density at radius 1 is 0.960 bits per heavy atom. The third-order valence-electron chi connectivity index (χ3n) is 3.92. The first-order valence-electron chi connectivity index (χ1n) is 9.21. The van der Waals surface area contributed by atoms with Crippen molar-refractivity contribution in [3.05, 3.63) is 35.4 Å². The fourth-order valence-electron chi connectivity index (χ4n) is 2.74. The van der Waals surface area contributed by atoms with Crippen LogP contribution < -0.4 is 16.0 Å². The van der Waals surface area contributed by atoms with E-state index in [1.165, 1.54) is 11.1 Å². The molecule has 0 fully saturated rings. The van der Waals surface area contributed by atoms with Gasteiger partial charge in [-0.3, -0.25) is 9.59 Å². The second-order valence-electron chi connectivity index (χ2n) is 7.09. The molecule has 0 heterocycles. The van der Waals surface area contributed by atoms with Crippen LogP contribution >= 0.6 is 0 Å². The lowest BCUT2D eigenvalue weighted by Gasteiger charge is -2.23. The molecule has 0 aliphatic rings. The Hall–Kier alpha value is -1.88. The Bertz CT molecular complexity index is 538. The van der Waals surface area contributed by atoms with E-state index >= 15 is 0 Å². The standard InChI is InChI=1S/C20H33N3O2/c1-6-7-16-8-10-17(11-9-16)20(14(2)3)22-12-18(24)21-13-19(25)23-15(4)5/h8-11,14-15,20,22H,6-7,12-13H2,1-5H3,(H,21,24)(H,23,25)/t20-/m1/s1. The van der Waals surface area contributed by atoms with Crippen LogP contribution in [0.25, 0.3) is 0 Å². The van der Waals surface area contributed by atoms with E-state index in [0.717, 1.165) is 12.8 Å². The molecule has 1 rings (SSSR count). The minimum Gasteiger partial charge on any atom is -0.352 e. The molecule has 0 saturated heterocycles. The topological polar surface area (TPSA) is 70.2 Å². The maximum atomic E-state index is 12.0. The lowest BCUT2D eigenvalue weighted by molar-refractivity contribution is -0.126. The van der Waals surface area contributed by atoms with Crippen molar-refractivity contribution in [2.45, 2.75) is 59.5 Å². The molecule has 3 N–H and O–H groups in total. The number of hydrogen-bond acceptors (Lipinski definition) is 3. The van der Waals surface area contributed by atoms with Crippen molar-refractivity contribution in [2.24, 2.45) is 5.92 Å². The van der Waals surface area contributed by atoms with Crippen LogP contribution in [0.5, 0.6) is 0 Å². The molecule has 2 amide bonds. The van der Waals surface area contributed by atoms with Gasteiger partial charge < -0.3 is 16.0 Å². The number of aryl methyl sites for hydroxylation is 1. The van der Waals surface area contributed by atoms with E-state index in [2.05, 4.69) is 61.0 Å². The zero-order chi connectivity index (χ0) is 18.8. The number of carbonyl (C=O) groups excluding carboxylic acids is 2. The van der Waals surface area contributed by atoms with E-state index in [-0.39, 0.29) is 37.0 Å². The minimum atomic E-state index is -0.174.